The molecule has 0 atom stereocenters. The second kappa shape index (κ2) is 10.8. The molecule has 4 rings (SSSR count). The summed E-state index contributed by atoms with van der Waals surface area (Å²) in [5.41, 5.74) is 3.69. The lowest BCUT2D eigenvalue weighted by atomic mass is 9.78. The van der Waals surface area contributed by atoms with Gasteiger partial charge in [-0.05, 0) is 91.5 Å². The number of benzene rings is 3. The zero-order valence-corrected chi connectivity index (χ0v) is 19.3. The van der Waals surface area contributed by atoms with Crippen molar-refractivity contribution in [1.29, 1.82) is 0 Å². The van der Waals surface area contributed by atoms with Crippen molar-refractivity contribution in [3.05, 3.63) is 102 Å². The Kier molecular flexibility index (Phi) is 7.59. The van der Waals surface area contributed by atoms with E-state index in [9.17, 15) is 8.78 Å². The first-order valence-corrected chi connectivity index (χ1v) is 11.9. The number of hydrogen-bond acceptors (Lipinski definition) is 1. The summed E-state index contributed by atoms with van der Waals surface area (Å²) < 4.78 is 34.5. The van der Waals surface area contributed by atoms with Gasteiger partial charge >= 0.3 is 0 Å². The molecule has 1 saturated carbocycles. The molecule has 3 aromatic rings. The Morgan fingerprint density at radius 2 is 1.61 bits per heavy atom. The standard InChI is InChI=1S/C30H32F2O/c1-3-5-18-33-28-20-26-17-12-23(19-27(26)29(31)30(28)32)7-6-22-10-15-25(16-11-22)24-13-8-21(4-2)9-14-24/h3-5,10-12,15-17,19-21,24H,2,6-9,13-14,18H2,1H3. The molecule has 0 amide bonds. The molecule has 1 aliphatic rings. The summed E-state index contributed by atoms with van der Waals surface area (Å²) in [6.07, 6.45) is 12.2. The molecular formula is C30H32F2O. The zero-order valence-electron chi connectivity index (χ0n) is 19.3. The maximum absolute atomic E-state index is 14.7. The number of fused-ring (bicyclic) bond motifs is 1. The molecule has 1 aliphatic carbocycles. The van der Waals surface area contributed by atoms with Gasteiger partial charge in [-0.1, -0.05) is 54.6 Å². The average molecular weight is 447 g/mol. The minimum atomic E-state index is -0.929. The highest BCUT2D eigenvalue weighted by molar-refractivity contribution is 5.85. The van der Waals surface area contributed by atoms with Crippen LogP contribution < -0.4 is 4.74 Å². The summed E-state index contributed by atoms with van der Waals surface area (Å²) >= 11 is 0. The minimum Gasteiger partial charge on any atom is -0.486 e. The summed E-state index contributed by atoms with van der Waals surface area (Å²) in [6, 6.07) is 16.1. The van der Waals surface area contributed by atoms with Crippen LogP contribution in [0.4, 0.5) is 8.78 Å². The molecule has 3 heteroatoms. The third-order valence-corrected chi connectivity index (χ3v) is 6.88. The molecule has 3 aromatic carbocycles. The fraction of sp³-hybridized carbons (Fsp3) is 0.333. The molecule has 0 aromatic heterocycles. The average Bonchev–Trinajstić information content (AvgIpc) is 2.86. The van der Waals surface area contributed by atoms with Gasteiger partial charge in [0.1, 0.15) is 6.61 Å². The fourth-order valence-corrected chi connectivity index (χ4v) is 4.78. The quantitative estimate of drug-likeness (QED) is 0.316. The van der Waals surface area contributed by atoms with Crippen LogP contribution in [0.1, 0.15) is 55.2 Å². The van der Waals surface area contributed by atoms with E-state index in [0.29, 0.717) is 22.6 Å². The van der Waals surface area contributed by atoms with Crippen molar-refractivity contribution in [2.24, 2.45) is 5.92 Å². The van der Waals surface area contributed by atoms with Crippen LogP contribution in [-0.2, 0) is 12.8 Å². The first-order chi connectivity index (χ1) is 16.1. The molecule has 172 valence electrons. The molecule has 0 unspecified atom stereocenters. The Labute approximate surface area is 195 Å². The Bertz CT molecular complexity index is 1120. The predicted octanol–water partition coefficient (Wildman–Crippen LogP) is 8.32. The van der Waals surface area contributed by atoms with E-state index >= 15 is 0 Å². The Balaban J connectivity index is 1.41. The largest absolute Gasteiger partial charge is 0.486 e. The third-order valence-electron chi connectivity index (χ3n) is 6.88. The molecule has 0 radical (unpaired) electrons. The summed E-state index contributed by atoms with van der Waals surface area (Å²) in [5.74, 6) is -0.496. The molecule has 0 N–H and O–H groups in total. The summed E-state index contributed by atoms with van der Waals surface area (Å²) in [7, 11) is 0. The molecule has 0 saturated heterocycles. The van der Waals surface area contributed by atoms with Gasteiger partial charge in [0.2, 0.25) is 5.82 Å². The number of rotatable bonds is 8. The van der Waals surface area contributed by atoms with Crippen LogP contribution in [0.15, 0.2) is 73.3 Å². The van der Waals surface area contributed by atoms with Crippen LogP contribution >= 0.6 is 0 Å². The van der Waals surface area contributed by atoms with E-state index in [4.69, 9.17) is 4.74 Å². The van der Waals surface area contributed by atoms with Gasteiger partial charge in [0.15, 0.2) is 11.6 Å². The third kappa shape index (κ3) is 5.52. The lowest BCUT2D eigenvalue weighted by Crippen LogP contribution is -2.11. The van der Waals surface area contributed by atoms with Crippen molar-refractivity contribution < 1.29 is 13.5 Å². The second-order valence-corrected chi connectivity index (χ2v) is 9.03. The van der Waals surface area contributed by atoms with Gasteiger partial charge < -0.3 is 4.74 Å². The normalized spacial score (nSPS) is 18.6. The van der Waals surface area contributed by atoms with Gasteiger partial charge in [-0.25, -0.2) is 4.39 Å². The SMILES string of the molecule is C=CC1CCC(c2ccc(CCc3ccc4cc(OCC=CC)c(F)c(F)c4c3)cc2)CC1. The van der Waals surface area contributed by atoms with Gasteiger partial charge in [-0.3, -0.25) is 0 Å². The number of halogens is 2. The van der Waals surface area contributed by atoms with E-state index < -0.39 is 11.6 Å². The zero-order chi connectivity index (χ0) is 23.2. The lowest BCUT2D eigenvalue weighted by molar-refractivity contribution is 0.334. The number of aryl methyl sites for hydroxylation is 2. The van der Waals surface area contributed by atoms with Crippen molar-refractivity contribution in [3.8, 4) is 5.75 Å². The molecular weight excluding hydrogens is 414 g/mol. The van der Waals surface area contributed by atoms with Crippen molar-refractivity contribution >= 4 is 10.8 Å². The number of ether oxygens (including phenoxy) is 1. The maximum atomic E-state index is 14.7. The Morgan fingerprint density at radius 3 is 2.30 bits per heavy atom. The predicted molar refractivity (Wildman–Crippen MR) is 133 cm³/mol. The van der Waals surface area contributed by atoms with Crippen LogP contribution in [0.5, 0.6) is 5.75 Å². The van der Waals surface area contributed by atoms with E-state index in [2.05, 4.69) is 36.9 Å². The topological polar surface area (TPSA) is 9.23 Å². The van der Waals surface area contributed by atoms with Crippen LogP contribution in [0.25, 0.3) is 10.8 Å². The highest BCUT2D eigenvalue weighted by Crippen LogP contribution is 2.36. The van der Waals surface area contributed by atoms with Crippen molar-refractivity contribution in [2.45, 2.75) is 51.4 Å². The van der Waals surface area contributed by atoms with Gasteiger partial charge in [-0.15, -0.1) is 6.58 Å². The number of allylic oxidation sites excluding steroid dienone is 2. The molecule has 33 heavy (non-hydrogen) atoms. The Morgan fingerprint density at radius 1 is 0.909 bits per heavy atom. The van der Waals surface area contributed by atoms with Crippen molar-refractivity contribution in [3.63, 3.8) is 0 Å². The van der Waals surface area contributed by atoms with Crippen LogP contribution in [-0.4, -0.2) is 6.61 Å². The smallest absolute Gasteiger partial charge is 0.201 e. The summed E-state index contributed by atoms with van der Waals surface area (Å²) in [6.45, 7) is 6.00. The van der Waals surface area contributed by atoms with Gasteiger partial charge in [-0.2, -0.15) is 4.39 Å². The van der Waals surface area contributed by atoms with E-state index in [1.165, 1.54) is 36.8 Å². The maximum Gasteiger partial charge on any atom is 0.201 e. The van der Waals surface area contributed by atoms with Gasteiger partial charge in [0, 0.05) is 5.39 Å². The van der Waals surface area contributed by atoms with Crippen LogP contribution in [0.2, 0.25) is 0 Å². The second-order valence-electron chi connectivity index (χ2n) is 9.03. The highest BCUT2D eigenvalue weighted by Gasteiger charge is 2.20. The number of hydrogen-bond donors (Lipinski definition) is 0. The van der Waals surface area contributed by atoms with Crippen molar-refractivity contribution in [1.82, 2.24) is 0 Å². The highest BCUT2D eigenvalue weighted by atomic mass is 19.2. The fourth-order valence-electron chi connectivity index (χ4n) is 4.78. The molecule has 0 spiro atoms. The van der Waals surface area contributed by atoms with Gasteiger partial charge in [0.05, 0.1) is 0 Å². The first kappa shape index (κ1) is 23.2. The van der Waals surface area contributed by atoms with E-state index in [0.717, 1.165) is 18.4 Å². The van der Waals surface area contributed by atoms with E-state index in [1.807, 2.05) is 25.1 Å². The molecule has 0 aliphatic heterocycles. The van der Waals surface area contributed by atoms with Crippen molar-refractivity contribution in [2.75, 3.05) is 6.61 Å². The molecule has 1 nitrogen and oxygen atoms in total. The van der Waals surface area contributed by atoms with E-state index in [-0.39, 0.29) is 12.4 Å². The summed E-state index contributed by atoms with van der Waals surface area (Å²) in [4.78, 5) is 0. The first-order valence-electron chi connectivity index (χ1n) is 11.9. The molecule has 0 bridgehead atoms. The molecule has 0 heterocycles. The Hall–Kier alpha value is -2.94. The lowest BCUT2D eigenvalue weighted by Gasteiger charge is -2.27. The van der Waals surface area contributed by atoms with E-state index in [1.54, 1.807) is 18.2 Å². The summed E-state index contributed by atoms with van der Waals surface area (Å²) in [5, 5.41) is 0.942. The minimum absolute atomic E-state index is 0.0519. The van der Waals surface area contributed by atoms with Gasteiger partial charge in [0.25, 0.3) is 0 Å². The van der Waals surface area contributed by atoms with Crippen LogP contribution in [0.3, 0.4) is 0 Å². The monoisotopic (exact) mass is 446 g/mol. The van der Waals surface area contributed by atoms with Crippen LogP contribution in [0, 0.1) is 17.6 Å². The molecule has 1 fully saturated rings.